The standard InChI is InChI=1S/C9H17NO3/c1-4-5-9(13-8(3)12)6-10-7(2)11/h9H,4-6H2,1-3H3,(H,10,11)/t9-/m1/s1. The molecule has 0 aliphatic heterocycles. The average molecular weight is 187 g/mol. The molecule has 0 heterocycles. The number of hydrogen-bond donors (Lipinski definition) is 1. The Morgan fingerprint density at radius 3 is 2.38 bits per heavy atom. The molecule has 0 unspecified atom stereocenters. The van der Waals surface area contributed by atoms with Crippen LogP contribution in [-0.2, 0) is 14.3 Å². The topological polar surface area (TPSA) is 55.4 Å². The lowest BCUT2D eigenvalue weighted by molar-refractivity contribution is -0.147. The minimum atomic E-state index is -0.302. The molecule has 76 valence electrons. The fourth-order valence-electron chi connectivity index (χ4n) is 1.02. The SMILES string of the molecule is CCC[C@H](CNC(C)=O)OC(C)=O. The minimum Gasteiger partial charge on any atom is -0.461 e. The van der Waals surface area contributed by atoms with Gasteiger partial charge in [-0.15, -0.1) is 0 Å². The molecule has 4 nitrogen and oxygen atoms in total. The number of carbonyl (C=O) groups is 2. The smallest absolute Gasteiger partial charge is 0.302 e. The molecule has 0 aliphatic rings. The van der Waals surface area contributed by atoms with Gasteiger partial charge in [0.05, 0.1) is 6.54 Å². The van der Waals surface area contributed by atoms with Crippen LogP contribution in [0.4, 0.5) is 0 Å². The normalized spacial score (nSPS) is 11.9. The fourth-order valence-corrected chi connectivity index (χ4v) is 1.02. The number of ether oxygens (including phenoxy) is 1. The summed E-state index contributed by atoms with van der Waals surface area (Å²) in [5.74, 6) is -0.406. The Labute approximate surface area is 78.6 Å². The third kappa shape index (κ3) is 7.31. The lowest BCUT2D eigenvalue weighted by Crippen LogP contribution is -2.33. The summed E-state index contributed by atoms with van der Waals surface area (Å²) < 4.78 is 4.99. The summed E-state index contributed by atoms with van der Waals surface area (Å²) in [6.07, 6.45) is 1.52. The van der Waals surface area contributed by atoms with Gasteiger partial charge in [0.2, 0.25) is 5.91 Å². The van der Waals surface area contributed by atoms with Crippen molar-refractivity contribution < 1.29 is 14.3 Å². The minimum absolute atomic E-state index is 0.103. The summed E-state index contributed by atoms with van der Waals surface area (Å²) in [7, 11) is 0. The molecule has 1 atom stereocenters. The Balaban J connectivity index is 3.79. The van der Waals surface area contributed by atoms with Gasteiger partial charge < -0.3 is 10.1 Å². The zero-order valence-electron chi connectivity index (χ0n) is 8.42. The van der Waals surface area contributed by atoms with Gasteiger partial charge in [-0.2, -0.15) is 0 Å². The second-order valence-electron chi connectivity index (χ2n) is 2.96. The predicted molar refractivity (Wildman–Crippen MR) is 49.1 cm³/mol. The summed E-state index contributed by atoms with van der Waals surface area (Å²) in [6, 6.07) is 0. The molecule has 0 aromatic heterocycles. The highest BCUT2D eigenvalue weighted by Gasteiger charge is 2.10. The van der Waals surface area contributed by atoms with E-state index in [4.69, 9.17) is 4.74 Å². The molecule has 0 spiro atoms. The average Bonchev–Trinajstić information content (AvgIpc) is 1.99. The molecule has 0 fully saturated rings. The Kier molecular flexibility index (Phi) is 5.93. The molecule has 0 aromatic carbocycles. The lowest BCUT2D eigenvalue weighted by atomic mass is 10.2. The predicted octanol–water partition coefficient (Wildman–Crippen LogP) is 0.854. The van der Waals surface area contributed by atoms with E-state index in [0.717, 1.165) is 12.8 Å². The first kappa shape index (κ1) is 11.9. The van der Waals surface area contributed by atoms with Crippen molar-refractivity contribution in [1.82, 2.24) is 5.32 Å². The van der Waals surface area contributed by atoms with Gasteiger partial charge in [-0.3, -0.25) is 9.59 Å². The number of nitrogens with one attached hydrogen (secondary N) is 1. The zero-order chi connectivity index (χ0) is 10.3. The van der Waals surface area contributed by atoms with E-state index in [-0.39, 0.29) is 18.0 Å². The van der Waals surface area contributed by atoms with Crippen LogP contribution in [0.2, 0.25) is 0 Å². The molecule has 0 aliphatic carbocycles. The van der Waals surface area contributed by atoms with Crippen LogP contribution in [0.25, 0.3) is 0 Å². The van der Waals surface area contributed by atoms with Crippen molar-refractivity contribution in [3.05, 3.63) is 0 Å². The molecule has 1 amide bonds. The van der Waals surface area contributed by atoms with E-state index in [0.29, 0.717) is 6.54 Å². The van der Waals surface area contributed by atoms with E-state index < -0.39 is 0 Å². The van der Waals surface area contributed by atoms with E-state index >= 15 is 0 Å². The highest BCUT2D eigenvalue weighted by Crippen LogP contribution is 2.01. The van der Waals surface area contributed by atoms with E-state index in [1.807, 2.05) is 6.92 Å². The van der Waals surface area contributed by atoms with Gasteiger partial charge in [-0.25, -0.2) is 0 Å². The summed E-state index contributed by atoms with van der Waals surface area (Å²) in [5.41, 5.74) is 0. The first-order chi connectivity index (χ1) is 6.06. The largest absolute Gasteiger partial charge is 0.461 e. The maximum atomic E-state index is 10.6. The van der Waals surface area contributed by atoms with Crippen LogP contribution < -0.4 is 5.32 Å². The Bertz CT molecular complexity index is 180. The maximum Gasteiger partial charge on any atom is 0.302 e. The Morgan fingerprint density at radius 1 is 1.38 bits per heavy atom. The molecule has 0 aromatic rings. The van der Waals surface area contributed by atoms with Crippen LogP contribution in [0.5, 0.6) is 0 Å². The molecule has 1 N–H and O–H groups in total. The number of hydrogen-bond acceptors (Lipinski definition) is 3. The summed E-state index contributed by atoms with van der Waals surface area (Å²) in [6.45, 7) is 5.22. The summed E-state index contributed by atoms with van der Waals surface area (Å²) >= 11 is 0. The molecule has 0 saturated carbocycles. The molecule has 0 radical (unpaired) electrons. The molecule has 0 saturated heterocycles. The number of rotatable bonds is 5. The van der Waals surface area contributed by atoms with Crippen LogP contribution in [0, 0.1) is 0 Å². The van der Waals surface area contributed by atoms with Crippen LogP contribution in [0.1, 0.15) is 33.6 Å². The zero-order valence-corrected chi connectivity index (χ0v) is 8.42. The fraction of sp³-hybridized carbons (Fsp3) is 0.778. The Hall–Kier alpha value is -1.06. The van der Waals surface area contributed by atoms with Crippen molar-refractivity contribution >= 4 is 11.9 Å². The first-order valence-corrected chi connectivity index (χ1v) is 4.48. The molecule has 4 heteroatoms. The number of esters is 1. The van der Waals surface area contributed by atoms with Gasteiger partial charge in [-0.1, -0.05) is 13.3 Å². The van der Waals surface area contributed by atoms with Gasteiger partial charge in [0.25, 0.3) is 0 Å². The molecule has 13 heavy (non-hydrogen) atoms. The van der Waals surface area contributed by atoms with Crippen molar-refractivity contribution in [3.8, 4) is 0 Å². The van der Waals surface area contributed by atoms with Crippen molar-refractivity contribution in [2.24, 2.45) is 0 Å². The van der Waals surface area contributed by atoms with Crippen LogP contribution in [-0.4, -0.2) is 24.5 Å². The van der Waals surface area contributed by atoms with Crippen molar-refractivity contribution in [1.29, 1.82) is 0 Å². The van der Waals surface area contributed by atoms with Gasteiger partial charge >= 0.3 is 5.97 Å². The van der Waals surface area contributed by atoms with Crippen molar-refractivity contribution in [2.75, 3.05) is 6.54 Å². The first-order valence-electron chi connectivity index (χ1n) is 4.48. The summed E-state index contributed by atoms with van der Waals surface area (Å²) in [5, 5.41) is 2.62. The maximum absolute atomic E-state index is 10.6. The van der Waals surface area contributed by atoms with E-state index in [9.17, 15) is 9.59 Å². The highest BCUT2D eigenvalue weighted by atomic mass is 16.5. The summed E-state index contributed by atoms with van der Waals surface area (Å²) in [4.78, 5) is 21.2. The van der Waals surface area contributed by atoms with Crippen molar-refractivity contribution in [2.45, 2.75) is 39.7 Å². The van der Waals surface area contributed by atoms with E-state index in [2.05, 4.69) is 5.32 Å². The monoisotopic (exact) mass is 187 g/mol. The second kappa shape index (κ2) is 6.46. The number of amides is 1. The Morgan fingerprint density at radius 2 is 2.00 bits per heavy atom. The molecule has 0 rings (SSSR count). The second-order valence-corrected chi connectivity index (χ2v) is 2.96. The van der Waals surface area contributed by atoms with E-state index in [1.165, 1.54) is 13.8 Å². The third-order valence-corrected chi connectivity index (χ3v) is 1.52. The number of carbonyl (C=O) groups excluding carboxylic acids is 2. The van der Waals surface area contributed by atoms with E-state index in [1.54, 1.807) is 0 Å². The highest BCUT2D eigenvalue weighted by molar-refractivity contribution is 5.72. The van der Waals surface area contributed by atoms with Crippen LogP contribution >= 0.6 is 0 Å². The quantitative estimate of drug-likeness (QED) is 0.649. The van der Waals surface area contributed by atoms with Gasteiger partial charge in [0.1, 0.15) is 6.10 Å². The molecular formula is C9H17NO3. The van der Waals surface area contributed by atoms with Crippen LogP contribution in [0.15, 0.2) is 0 Å². The van der Waals surface area contributed by atoms with Gasteiger partial charge in [-0.05, 0) is 6.42 Å². The third-order valence-electron chi connectivity index (χ3n) is 1.52. The van der Waals surface area contributed by atoms with Crippen LogP contribution in [0.3, 0.4) is 0 Å². The lowest BCUT2D eigenvalue weighted by Gasteiger charge is -2.15. The van der Waals surface area contributed by atoms with Gasteiger partial charge in [0, 0.05) is 13.8 Å². The van der Waals surface area contributed by atoms with Crippen molar-refractivity contribution in [3.63, 3.8) is 0 Å². The van der Waals surface area contributed by atoms with Gasteiger partial charge in [0.15, 0.2) is 0 Å². The molecule has 0 bridgehead atoms. The molecular weight excluding hydrogens is 170 g/mol.